The van der Waals surface area contributed by atoms with Gasteiger partial charge in [0.15, 0.2) is 5.96 Å². The Hall–Kier alpha value is -2.00. The monoisotopic (exact) mass is 536 g/mol. The highest BCUT2D eigenvalue weighted by Crippen LogP contribution is 2.34. The van der Waals surface area contributed by atoms with Crippen LogP contribution < -0.4 is 10.2 Å². The van der Waals surface area contributed by atoms with Gasteiger partial charge in [0.2, 0.25) is 0 Å². The van der Waals surface area contributed by atoms with E-state index >= 15 is 0 Å². The summed E-state index contributed by atoms with van der Waals surface area (Å²) in [6.07, 6.45) is 1.18. The second-order valence-corrected chi connectivity index (χ2v) is 7.91. The molecule has 2 aliphatic rings. The minimum Gasteiger partial charge on any atom is -0.506 e. The van der Waals surface area contributed by atoms with Crippen molar-refractivity contribution in [3.8, 4) is 5.75 Å². The number of piperazine rings is 1. The Labute approximate surface area is 202 Å². The van der Waals surface area contributed by atoms with Gasteiger partial charge in [0, 0.05) is 51.8 Å². The smallest absolute Gasteiger partial charge is 0.194 e. The van der Waals surface area contributed by atoms with Crippen LogP contribution in [-0.4, -0.2) is 61.8 Å². The molecule has 0 aromatic heterocycles. The molecule has 2 aromatic rings. The van der Waals surface area contributed by atoms with E-state index in [2.05, 4.69) is 46.3 Å². The first-order valence-corrected chi connectivity index (χ1v) is 11.0. The van der Waals surface area contributed by atoms with E-state index in [-0.39, 0.29) is 30.1 Å². The number of hydrogen-bond acceptors (Lipinski definition) is 4. The van der Waals surface area contributed by atoms with Gasteiger partial charge in [0.05, 0.1) is 11.8 Å². The molecule has 2 atom stereocenters. The second-order valence-electron chi connectivity index (χ2n) is 7.91. The number of aliphatic imine (C=N–C) groups is 1. The van der Waals surface area contributed by atoms with Crippen molar-refractivity contribution in [1.29, 1.82) is 0 Å². The van der Waals surface area contributed by atoms with Crippen LogP contribution in [-0.2, 0) is 4.74 Å². The molecule has 2 aliphatic heterocycles. The molecule has 2 fully saturated rings. The molecule has 168 valence electrons. The van der Waals surface area contributed by atoms with E-state index in [1.165, 1.54) is 5.56 Å². The highest BCUT2D eigenvalue weighted by molar-refractivity contribution is 14.0. The third-order valence-electron chi connectivity index (χ3n) is 5.95. The predicted molar refractivity (Wildman–Crippen MR) is 137 cm³/mol. The SMILES string of the molecule is CCNC(=NCC1CCOC1c1ccccc1)N1CCN(c2ccccc2O)CC1.I. The number of hydrogen-bond donors (Lipinski definition) is 2. The van der Waals surface area contributed by atoms with Crippen molar-refractivity contribution in [2.45, 2.75) is 19.4 Å². The first kappa shape index (κ1) is 23.7. The van der Waals surface area contributed by atoms with Gasteiger partial charge in [0.1, 0.15) is 5.75 Å². The highest BCUT2D eigenvalue weighted by atomic mass is 127. The molecule has 2 heterocycles. The lowest BCUT2D eigenvalue weighted by Crippen LogP contribution is -2.52. The van der Waals surface area contributed by atoms with Crippen molar-refractivity contribution in [2.75, 3.05) is 50.8 Å². The molecule has 0 radical (unpaired) electrons. The molecule has 7 heteroatoms. The summed E-state index contributed by atoms with van der Waals surface area (Å²) in [4.78, 5) is 9.56. The maximum Gasteiger partial charge on any atom is 0.194 e. The largest absolute Gasteiger partial charge is 0.506 e. The van der Waals surface area contributed by atoms with Gasteiger partial charge in [-0.05, 0) is 31.0 Å². The van der Waals surface area contributed by atoms with Gasteiger partial charge in [-0.1, -0.05) is 42.5 Å². The van der Waals surface area contributed by atoms with E-state index < -0.39 is 0 Å². The van der Waals surface area contributed by atoms with Crippen molar-refractivity contribution in [1.82, 2.24) is 10.2 Å². The maximum absolute atomic E-state index is 10.1. The van der Waals surface area contributed by atoms with Crippen LogP contribution in [0.5, 0.6) is 5.75 Å². The topological polar surface area (TPSA) is 60.3 Å². The molecule has 2 N–H and O–H groups in total. The summed E-state index contributed by atoms with van der Waals surface area (Å²) < 4.78 is 6.03. The predicted octanol–water partition coefficient (Wildman–Crippen LogP) is 3.88. The van der Waals surface area contributed by atoms with Gasteiger partial charge in [0.25, 0.3) is 0 Å². The van der Waals surface area contributed by atoms with Crippen LogP contribution in [0.25, 0.3) is 0 Å². The highest BCUT2D eigenvalue weighted by Gasteiger charge is 2.30. The Morgan fingerprint density at radius 2 is 1.77 bits per heavy atom. The fourth-order valence-electron chi connectivity index (χ4n) is 4.35. The van der Waals surface area contributed by atoms with E-state index in [0.29, 0.717) is 11.7 Å². The van der Waals surface area contributed by atoms with Gasteiger partial charge in [-0.2, -0.15) is 0 Å². The van der Waals surface area contributed by atoms with Crippen LogP contribution in [0.4, 0.5) is 5.69 Å². The van der Waals surface area contributed by atoms with Crippen LogP contribution in [0.15, 0.2) is 59.6 Å². The Balaban J connectivity index is 0.00000272. The Kier molecular flexibility index (Phi) is 8.83. The lowest BCUT2D eigenvalue weighted by atomic mass is 9.95. The Morgan fingerprint density at radius 3 is 2.48 bits per heavy atom. The van der Waals surface area contributed by atoms with E-state index in [4.69, 9.17) is 9.73 Å². The van der Waals surface area contributed by atoms with Gasteiger partial charge < -0.3 is 25.0 Å². The fraction of sp³-hybridized carbons (Fsp3) is 0.458. The van der Waals surface area contributed by atoms with Crippen LogP contribution in [0.3, 0.4) is 0 Å². The quantitative estimate of drug-likeness (QED) is 0.345. The molecular weight excluding hydrogens is 503 g/mol. The number of aromatic hydroxyl groups is 1. The third-order valence-corrected chi connectivity index (χ3v) is 5.95. The number of para-hydroxylation sites is 2. The van der Waals surface area contributed by atoms with Crippen molar-refractivity contribution in [2.24, 2.45) is 10.9 Å². The summed E-state index contributed by atoms with van der Waals surface area (Å²) in [7, 11) is 0. The number of benzene rings is 2. The lowest BCUT2D eigenvalue weighted by molar-refractivity contribution is 0.0925. The number of guanidine groups is 1. The number of nitrogens with one attached hydrogen (secondary N) is 1. The molecule has 0 spiro atoms. The number of ether oxygens (including phenoxy) is 1. The zero-order chi connectivity index (χ0) is 20.8. The van der Waals surface area contributed by atoms with Crippen molar-refractivity contribution in [3.63, 3.8) is 0 Å². The van der Waals surface area contributed by atoms with E-state index in [0.717, 1.165) is 63.9 Å². The number of rotatable bonds is 5. The number of nitrogens with zero attached hydrogens (tertiary/aromatic N) is 3. The lowest BCUT2D eigenvalue weighted by Gasteiger charge is -2.38. The molecule has 0 saturated carbocycles. The summed E-state index contributed by atoms with van der Waals surface area (Å²) in [6.45, 7) is 8.01. The minimum absolute atomic E-state index is 0. The van der Waals surface area contributed by atoms with Crippen molar-refractivity contribution >= 4 is 35.6 Å². The number of phenols is 1. The van der Waals surface area contributed by atoms with Gasteiger partial charge >= 0.3 is 0 Å². The normalized spacial score (nSPS) is 21.6. The van der Waals surface area contributed by atoms with Crippen LogP contribution in [0.1, 0.15) is 25.0 Å². The average molecular weight is 536 g/mol. The van der Waals surface area contributed by atoms with Crippen LogP contribution >= 0.6 is 24.0 Å². The molecule has 2 saturated heterocycles. The average Bonchev–Trinajstić information content (AvgIpc) is 3.26. The zero-order valence-corrected chi connectivity index (χ0v) is 20.4. The van der Waals surface area contributed by atoms with Crippen molar-refractivity contribution < 1.29 is 9.84 Å². The zero-order valence-electron chi connectivity index (χ0n) is 18.1. The van der Waals surface area contributed by atoms with Gasteiger partial charge in [-0.25, -0.2) is 0 Å². The summed E-state index contributed by atoms with van der Waals surface area (Å²) in [5.41, 5.74) is 2.16. The molecule has 2 unspecified atom stereocenters. The maximum atomic E-state index is 10.1. The Morgan fingerprint density at radius 1 is 1.06 bits per heavy atom. The summed E-state index contributed by atoms with van der Waals surface area (Å²) in [5, 5.41) is 13.6. The first-order chi connectivity index (χ1) is 14.8. The number of phenolic OH excluding ortho intramolecular Hbond substituents is 1. The van der Waals surface area contributed by atoms with E-state index in [1.807, 2.05) is 24.3 Å². The number of anilines is 1. The molecule has 0 bridgehead atoms. The Bertz CT molecular complexity index is 840. The summed E-state index contributed by atoms with van der Waals surface area (Å²) in [6, 6.07) is 18.1. The first-order valence-electron chi connectivity index (χ1n) is 11.0. The summed E-state index contributed by atoms with van der Waals surface area (Å²) in [5.74, 6) is 1.73. The van der Waals surface area contributed by atoms with Gasteiger partial charge in [-0.3, -0.25) is 4.99 Å². The van der Waals surface area contributed by atoms with Crippen molar-refractivity contribution in [3.05, 3.63) is 60.2 Å². The third kappa shape index (κ3) is 5.83. The molecule has 4 rings (SSSR count). The summed E-state index contributed by atoms with van der Waals surface area (Å²) >= 11 is 0. The molecule has 2 aromatic carbocycles. The molecular formula is C24H33IN4O2. The van der Waals surface area contributed by atoms with E-state index in [1.54, 1.807) is 6.07 Å². The molecule has 0 amide bonds. The van der Waals surface area contributed by atoms with Gasteiger partial charge in [-0.15, -0.1) is 24.0 Å². The number of halogens is 1. The van der Waals surface area contributed by atoms with Crippen LogP contribution in [0.2, 0.25) is 0 Å². The standard InChI is InChI=1S/C24H32N4O2.HI/c1-2-25-24(26-18-20-12-17-30-23(20)19-8-4-3-5-9-19)28-15-13-27(14-16-28)21-10-6-7-11-22(21)29;/h3-11,20,23,29H,2,12-18H2,1H3,(H,25,26);1H. The molecule has 31 heavy (non-hydrogen) atoms. The minimum atomic E-state index is 0. The fourth-order valence-corrected chi connectivity index (χ4v) is 4.35. The van der Waals surface area contributed by atoms with Crippen LogP contribution in [0, 0.1) is 5.92 Å². The molecule has 6 nitrogen and oxygen atoms in total. The van der Waals surface area contributed by atoms with E-state index in [9.17, 15) is 5.11 Å². The molecule has 0 aliphatic carbocycles. The second kappa shape index (κ2) is 11.6.